The van der Waals surface area contributed by atoms with Crippen LogP contribution in [-0.2, 0) is 17.8 Å². The second kappa shape index (κ2) is 8.40. The minimum atomic E-state index is 0.0683. The van der Waals surface area contributed by atoms with Gasteiger partial charge in [-0.25, -0.2) is 9.97 Å². The number of nitrogens with zero attached hydrogens (tertiary/aromatic N) is 4. The van der Waals surface area contributed by atoms with Crippen molar-refractivity contribution in [1.29, 1.82) is 0 Å². The van der Waals surface area contributed by atoms with Crippen molar-refractivity contribution in [3.05, 3.63) is 53.5 Å². The van der Waals surface area contributed by atoms with Gasteiger partial charge < -0.3 is 14.4 Å². The van der Waals surface area contributed by atoms with Crippen LogP contribution in [0.4, 0.5) is 0 Å². The van der Waals surface area contributed by atoms with Crippen molar-refractivity contribution in [3.8, 4) is 5.88 Å². The predicted octanol–water partition coefficient (Wildman–Crippen LogP) is 3.51. The summed E-state index contributed by atoms with van der Waals surface area (Å²) in [6, 6.07) is 11.3. The van der Waals surface area contributed by atoms with E-state index in [2.05, 4.69) is 14.5 Å². The number of ketones is 1. The maximum Gasteiger partial charge on any atom is 0.210 e. The molecule has 1 aromatic carbocycles. The number of hydrogen-bond donors (Lipinski definition) is 1. The highest BCUT2D eigenvalue weighted by atomic mass is 16.5. The van der Waals surface area contributed by atoms with Gasteiger partial charge in [-0.05, 0) is 63.5 Å². The van der Waals surface area contributed by atoms with Gasteiger partial charge in [0.2, 0.25) is 5.88 Å². The predicted molar refractivity (Wildman–Crippen MR) is 117 cm³/mol. The Morgan fingerprint density at radius 2 is 1.97 bits per heavy atom. The summed E-state index contributed by atoms with van der Waals surface area (Å²) in [5.74, 6) is 1.57. The fraction of sp³-hybridized carbons (Fsp3) is 0.458. The van der Waals surface area contributed by atoms with Crippen molar-refractivity contribution in [1.82, 2.24) is 19.4 Å². The lowest BCUT2D eigenvalue weighted by Gasteiger charge is -2.32. The normalized spacial score (nSPS) is 20.1. The van der Waals surface area contributed by atoms with Crippen molar-refractivity contribution >= 4 is 16.8 Å². The fourth-order valence-electron chi connectivity index (χ4n) is 4.60. The maximum absolute atomic E-state index is 11.9. The summed E-state index contributed by atoms with van der Waals surface area (Å²) >= 11 is 0. The molecule has 7 nitrogen and oxygen atoms in total. The molecule has 162 valence electrons. The Morgan fingerprint density at radius 1 is 1.16 bits per heavy atom. The smallest absolute Gasteiger partial charge is 0.210 e. The molecule has 2 saturated heterocycles. The molecule has 1 atom stereocenters. The van der Waals surface area contributed by atoms with Crippen LogP contribution in [0.15, 0.2) is 36.4 Å². The van der Waals surface area contributed by atoms with Crippen molar-refractivity contribution in [2.24, 2.45) is 0 Å². The Kier molecular flexibility index (Phi) is 5.46. The first-order chi connectivity index (χ1) is 15.1. The minimum absolute atomic E-state index is 0.0683. The molecule has 0 aliphatic carbocycles. The van der Waals surface area contributed by atoms with Crippen LogP contribution in [0.5, 0.6) is 5.88 Å². The summed E-state index contributed by atoms with van der Waals surface area (Å²) < 4.78 is 7.94. The molecule has 0 saturated carbocycles. The van der Waals surface area contributed by atoms with E-state index in [9.17, 15) is 9.90 Å². The Morgan fingerprint density at radius 3 is 2.65 bits per heavy atom. The number of imidazole rings is 1. The zero-order valence-corrected chi connectivity index (χ0v) is 17.8. The standard InChI is InChI=1S/C24H28N4O3/c1-16(29)18-5-6-21-22(13-18)28(14-19-9-12-31-19)23(25-21)15-27-10-7-17(8-11-27)20-3-2-4-24(30)26-20/h2-6,13,17,19H,7-12,14-15H2,1H3,(H,26,30)/t19-/m0/s1. The average molecular weight is 421 g/mol. The van der Waals surface area contributed by atoms with Crippen LogP contribution in [0.25, 0.3) is 11.0 Å². The van der Waals surface area contributed by atoms with Gasteiger partial charge in [0.15, 0.2) is 5.78 Å². The molecule has 0 amide bonds. The molecule has 0 radical (unpaired) electrons. The van der Waals surface area contributed by atoms with Crippen LogP contribution in [-0.4, -0.2) is 56.1 Å². The first kappa shape index (κ1) is 20.2. The highest BCUT2D eigenvalue weighted by molar-refractivity contribution is 5.97. The molecule has 2 fully saturated rings. The number of Topliss-reactive ketones (excluding diaryl/α,β-unsaturated/α-hetero) is 1. The number of carbonyl (C=O) groups is 1. The fourth-order valence-corrected chi connectivity index (χ4v) is 4.60. The molecule has 31 heavy (non-hydrogen) atoms. The van der Waals surface area contributed by atoms with Gasteiger partial charge in [0.05, 0.1) is 30.2 Å². The zero-order valence-electron chi connectivity index (χ0n) is 17.8. The van der Waals surface area contributed by atoms with Gasteiger partial charge in [-0.15, -0.1) is 0 Å². The highest BCUT2D eigenvalue weighted by Gasteiger charge is 2.26. The van der Waals surface area contributed by atoms with E-state index < -0.39 is 0 Å². The number of aromatic hydroxyl groups is 1. The van der Waals surface area contributed by atoms with Gasteiger partial charge in [0.25, 0.3) is 0 Å². The van der Waals surface area contributed by atoms with Crippen molar-refractivity contribution < 1.29 is 14.6 Å². The summed E-state index contributed by atoms with van der Waals surface area (Å²) in [5, 5.41) is 9.68. The van der Waals surface area contributed by atoms with Crippen LogP contribution >= 0.6 is 0 Å². The molecular weight excluding hydrogens is 392 g/mol. The maximum atomic E-state index is 11.9. The molecule has 0 unspecified atom stereocenters. The van der Waals surface area contributed by atoms with Crippen LogP contribution in [0.2, 0.25) is 0 Å². The minimum Gasteiger partial charge on any atom is -0.493 e. The number of piperidine rings is 1. The number of carbonyl (C=O) groups excluding carboxylic acids is 1. The molecule has 5 rings (SSSR count). The number of pyridine rings is 1. The first-order valence-corrected chi connectivity index (χ1v) is 11.1. The van der Waals surface area contributed by atoms with Crippen LogP contribution in [0, 0.1) is 0 Å². The molecule has 2 aromatic heterocycles. The monoisotopic (exact) mass is 420 g/mol. The van der Waals surface area contributed by atoms with Crippen molar-refractivity contribution in [2.45, 2.75) is 51.3 Å². The number of likely N-dealkylation sites (tertiary alicyclic amines) is 1. The largest absolute Gasteiger partial charge is 0.493 e. The Labute approximate surface area is 181 Å². The summed E-state index contributed by atoms with van der Waals surface area (Å²) in [5.41, 5.74) is 3.63. The molecule has 1 N–H and O–H groups in total. The summed E-state index contributed by atoms with van der Waals surface area (Å²) in [6.07, 6.45) is 3.31. The number of fused-ring (bicyclic) bond motifs is 1. The van der Waals surface area contributed by atoms with E-state index in [1.54, 1.807) is 13.0 Å². The van der Waals surface area contributed by atoms with Gasteiger partial charge >= 0.3 is 0 Å². The summed E-state index contributed by atoms with van der Waals surface area (Å²) in [4.78, 5) is 23.5. The zero-order chi connectivity index (χ0) is 21.4. The second-order valence-electron chi connectivity index (χ2n) is 8.65. The van der Waals surface area contributed by atoms with Gasteiger partial charge in [-0.2, -0.15) is 0 Å². The van der Waals surface area contributed by atoms with E-state index in [1.807, 2.05) is 30.3 Å². The molecule has 4 heterocycles. The Bertz CT molecular complexity index is 1100. The number of aromatic nitrogens is 3. The average Bonchev–Trinajstić information content (AvgIpc) is 3.07. The molecule has 0 spiro atoms. The van der Waals surface area contributed by atoms with E-state index in [1.165, 1.54) is 0 Å². The Balaban J connectivity index is 1.35. The first-order valence-electron chi connectivity index (χ1n) is 11.1. The third-order valence-corrected chi connectivity index (χ3v) is 6.54. The van der Waals surface area contributed by atoms with Gasteiger partial charge in [0, 0.05) is 29.8 Å². The van der Waals surface area contributed by atoms with Crippen LogP contribution in [0.3, 0.4) is 0 Å². The second-order valence-corrected chi connectivity index (χ2v) is 8.65. The SMILES string of the molecule is CC(=O)c1ccc2nc(CN3CCC(c4cccc(O)n4)CC3)n(C[C@@H]3CCO3)c2c1. The van der Waals surface area contributed by atoms with Crippen molar-refractivity contribution in [2.75, 3.05) is 19.7 Å². The lowest BCUT2D eigenvalue weighted by molar-refractivity contribution is -0.0592. The third kappa shape index (κ3) is 4.20. The quantitative estimate of drug-likeness (QED) is 0.615. The van der Waals surface area contributed by atoms with Crippen LogP contribution < -0.4 is 0 Å². The third-order valence-electron chi connectivity index (χ3n) is 6.54. The van der Waals surface area contributed by atoms with E-state index in [0.717, 1.165) is 74.6 Å². The molecular formula is C24H28N4O3. The highest BCUT2D eigenvalue weighted by Crippen LogP contribution is 2.29. The lowest BCUT2D eigenvalue weighted by atomic mass is 9.93. The van der Waals surface area contributed by atoms with E-state index in [-0.39, 0.29) is 17.8 Å². The van der Waals surface area contributed by atoms with Crippen LogP contribution in [0.1, 0.15) is 54.0 Å². The van der Waals surface area contributed by atoms with Gasteiger partial charge in [-0.1, -0.05) is 6.07 Å². The Hall–Kier alpha value is -2.77. The molecule has 7 heteroatoms. The molecule has 0 bridgehead atoms. The van der Waals surface area contributed by atoms with E-state index >= 15 is 0 Å². The molecule has 3 aromatic rings. The number of hydrogen-bond acceptors (Lipinski definition) is 6. The van der Waals surface area contributed by atoms with Gasteiger partial charge in [0.1, 0.15) is 5.82 Å². The number of benzene rings is 1. The number of rotatable bonds is 6. The van der Waals surface area contributed by atoms with E-state index in [4.69, 9.17) is 9.72 Å². The van der Waals surface area contributed by atoms with E-state index in [0.29, 0.717) is 11.5 Å². The molecule has 2 aliphatic rings. The lowest BCUT2D eigenvalue weighted by Crippen LogP contribution is -2.35. The summed E-state index contributed by atoms with van der Waals surface area (Å²) in [7, 11) is 0. The molecule has 2 aliphatic heterocycles. The topological polar surface area (TPSA) is 80.5 Å². The van der Waals surface area contributed by atoms with Crippen molar-refractivity contribution in [3.63, 3.8) is 0 Å². The summed E-state index contributed by atoms with van der Waals surface area (Å²) in [6.45, 7) is 5.90. The van der Waals surface area contributed by atoms with Gasteiger partial charge in [-0.3, -0.25) is 9.69 Å². The number of ether oxygens (including phenoxy) is 1.